The van der Waals surface area contributed by atoms with Gasteiger partial charge in [0.1, 0.15) is 0 Å². The Morgan fingerprint density at radius 1 is 1.33 bits per heavy atom. The molecule has 0 atom stereocenters. The maximum absolute atomic E-state index is 11.8. The van der Waals surface area contributed by atoms with Crippen LogP contribution < -0.4 is 5.32 Å². The highest BCUT2D eigenvalue weighted by molar-refractivity contribution is 5.76. The van der Waals surface area contributed by atoms with Gasteiger partial charge in [-0.25, -0.2) is 0 Å². The van der Waals surface area contributed by atoms with Crippen molar-refractivity contribution in [2.45, 2.75) is 32.1 Å². The van der Waals surface area contributed by atoms with Crippen molar-refractivity contribution in [2.24, 2.45) is 0 Å². The molecule has 15 heavy (non-hydrogen) atoms. The Labute approximate surface area is 92.2 Å². The summed E-state index contributed by atoms with van der Waals surface area (Å²) in [4.78, 5) is 13.7. The molecule has 1 heterocycles. The van der Waals surface area contributed by atoms with E-state index in [-0.39, 0.29) is 5.91 Å². The summed E-state index contributed by atoms with van der Waals surface area (Å²) >= 11 is 0. The third-order valence-electron chi connectivity index (χ3n) is 2.65. The van der Waals surface area contributed by atoms with Crippen LogP contribution in [0.1, 0.15) is 32.1 Å². The first-order chi connectivity index (χ1) is 7.34. The van der Waals surface area contributed by atoms with Gasteiger partial charge in [-0.3, -0.25) is 4.79 Å². The van der Waals surface area contributed by atoms with Gasteiger partial charge in [0.25, 0.3) is 0 Å². The summed E-state index contributed by atoms with van der Waals surface area (Å²) < 4.78 is 0. The smallest absolute Gasteiger partial charge is 0.222 e. The van der Waals surface area contributed by atoms with Crippen LogP contribution in [0, 0.1) is 12.3 Å². The predicted octanol–water partition coefficient (Wildman–Crippen LogP) is 1.00. The highest BCUT2D eigenvalue weighted by atomic mass is 16.2. The summed E-state index contributed by atoms with van der Waals surface area (Å²) in [6.45, 7) is 3.71. The average Bonchev–Trinajstić information content (AvgIpc) is 2.52. The minimum Gasteiger partial charge on any atom is -0.341 e. The van der Waals surface area contributed by atoms with Gasteiger partial charge in [-0.2, -0.15) is 0 Å². The Balaban J connectivity index is 2.17. The molecular weight excluding hydrogens is 188 g/mol. The molecule has 0 bridgehead atoms. The topological polar surface area (TPSA) is 32.3 Å². The van der Waals surface area contributed by atoms with Gasteiger partial charge in [-0.1, -0.05) is 0 Å². The molecule has 0 aromatic heterocycles. The summed E-state index contributed by atoms with van der Waals surface area (Å²) in [5.74, 6) is 2.88. The number of nitrogens with one attached hydrogen (secondary N) is 1. The van der Waals surface area contributed by atoms with Gasteiger partial charge in [0.05, 0.1) is 0 Å². The monoisotopic (exact) mass is 208 g/mol. The first-order valence-corrected chi connectivity index (χ1v) is 5.76. The quantitative estimate of drug-likeness (QED) is 0.552. The van der Waals surface area contributed by atoms with E-state index in [0.717, 1.165) is 51.9 Å². The van der Waals surface area contributed by atoms with Crippen molar-refractivity contribution in [3.05, 3.63) is 0 Å². The summed E-state index contributed by atoms with van der Waals surface area (Å²) in [7, 11) is 0. The molecule has 1 aliphatic rings. The maximum Gasteiger partial charge on any atom is 0.222 e. The van der Waals surface area contributed by atoms with Crippen molar-refractivity contribution >= 4 is 5.91 Å². The lowest BCUT2D eigenvalue weighted by atomic mass is 10.2. The molecule has 3 nitrogen and oxygen atoms in total. The molecule has 0 aromatic rings. The third kappa shape index (κ3) is 4.85. The largest absolute Gasteiger partial charge is 0.341 e. The first-order valence-electron chi connectivity index (χ1n) is 5.76. The molecule has 0 aliphatic carbocycles. The minimum atomic E-state index is 0.288. The van der Waals surface area contributed by atoms with Crippen LogP contribution in [-0.4, -0.2) is 37.0 Å². The number of hydrogen-bond donors (Lipinski definition) is 1. The number of unbranched alkanes of at least 4 members (excludes halogenated alkanes) is 2. The van der Waals surface area contributed by atoms with Crippen LogP contribution in [0.15, 0.2) is 0 Å². The van der Waals surface area contributed by atoms with Crippen LogP contribution >= 0.6 is 0 Å². The Hall–Kier alpha value is -1.01. The van der Waals surface area contributed by atoms with Crippen molar-refractivity contribution in [2.75, 3.05) is 26.2 Å². The van der Waals surface area contributed by atoms with Crippen LogP contribution in [-0.2, 0) is 4.79 Å². The molecule has 1 aliphatic heterocycles. The van der Waals surface area contributed by atoms with E-state index in [1.165, 1.54) is 0 Å². The van der Waals surface area contributed by atoms with Crippen molar-refractivity contribution in [3.63, 3.8) is 0 Å². The van der Waals surface area contributed by atoms with Crippen LogP contribution in [0.5, 0.6) is 0 Å². The number of nitrogens with zero attached hydrogens (tertiary/aromatic N) is 1. The zero-order valence-corrected chi connectivity index (χ0v) is 9.30. The second-order valence-corrected chi connectivity index (χ2v) is 3.90. The molecule has 0 spiro atoms. The fourth-order valence-corrected chi connectivity index (χ4v) is 1.76. The predicted molar refractivity (Wildman–Crippen MR) is 61.4 cm³/mol. The SMILES string of the molecule is C#CCCCCC(=O)N1CCCNCC1. The van der Waals surface area contributed by atoms with E-state index in [0.29, 0.717) is 6.42 Å². The van der Waals surface area contributed by atoms with Crippen molar-refractivity contribution in [1.29, 1.82) is 0 Å². The van der Waals surface area contributed by atoms with Crippen LogP contribution in [0.2, 0.25) is 0 Å². The van der Waals surface area contributed by atoms with Gasteiger partial charge in [-0.05, 0) is 25.8 Å². The lowest BCUT2D eigenvalue weighted by molar-refractivity contribution is -0.131. The lowest BCUT2D eigenvalue weighted by Gasteiger charge is -2.19. The molecule has 0 aromatic carbocycles. The highest BCUT2D eigenvalue weighted by Gasteiger charge is 2.13. The summed E-state index contributed by atoms with van der Waals surface area (Å²) in [5, 5.41) is 3.29. The second kappa shape index (κ2) is 7.30. The van der Waals surface area contributed by atoms with E-state index in [1.54, 1.807) is 0 Å². The number of hydrogen-bond acceptors (Lipinski definition) is 2. The van der Waals surface area contributed by atoms with Gasteiger partial charge in [0.15, 0.2) is 0 Å². The fraction of sp³-hybridized carbons (Fsp3) is 0.750. The van der Waals surface area contributed by atoms with E-state index in [9.17, 15) is 4.79 Å². The average molecular weight is 208 g/mol. The Morgan fingerprint density at radius 2 is 2.20 bits per heavy atom. The normalized spacial score (nSPS) is 16.9. The zero-order valence-electron chi connectivity index (χ0n) is 9.30. The van der Waals surface area contributed by atoms with Crippen LogP contribution in [0.25, 0.3) is 0 Å². The molecule has 1 fully saturated rings. The second-order valence-electron chi connectivity index (χ2n) is 3.90. The molecule has 1 saturated heterocycles. The fourth-order valence-electron chi connectivity index (χ4n) is 1.76. The number of rotatable bonds is 4. The van der Waals surface area contributed by atoms with E-state index in [2.05, 4.69) is 11.2 Å². The van der Waals surface area contributed by atoms with E-state index < -0.39 is 0 Å². The third-order valence-corrected chi connectivity index (χ3v) is 2.65. The molecule has 1 N–H and O–H groups in total. The van der Waals surface area contributed by atoms with Crippen LogP contribution in [0.3, 0.4) is 0 Å². The minimum absolute atomic E-state index is 0.288. The molecule has 0 radical (unpaired) electrons. The molecule has 0 unspecified atom stereocenters. The number of terminal acetylenes is 1. The van der Waals surface area contributed by atoms with Gasteiger partial charge >= 0.3 is 0 Å². The van der Waals surface area contributed by atoms with Crippen molar-refractivity contribution < 1.29 is 4.79 Å². The van der Waals surface area contributed by atoms with Gasteiger partial charge in [-0.15, -0.1) is 12.3 Å². The Morgan fingerprint density at radius 3 is 3.00 bits per heavy atom. The first kappa shape index (κ1) is 12.1. The van der Waals surface area contributed by atoms with Crippen molar-refractivity contribution in [1.82, 2.24) is 10.2 Å². The van der Waals surface area contributed by atoms with E-state index >= 15 is 0 Å². The molecule has 84 valence electrons. The summed E-state index contributed by atoms with van der Waals surface area (Å²) in [6.07, 6.45) is 9.55. The molecule has 1 rings (SSSR count). The highest BCUT2D eigenvalue weighted by Crippen LogP contribution is 2.04. The van der Waals surface area contributed by atoms with Gasteiger partial charge < -0.3 is 10.2 Å². The van der Waals surface area contributed by atoms with Gasteiger partial charge in [0.2, 0.25) is 5.91 Å². The lowest BCUT2D eigenvalue weighted by Crippen LogP contribution is -2.33. The number of carbonyl (C=O) groups is 1. The van der Waals surface area contributed by atoms with Crippen molar-refractivity contribution in [3.8, 4) is 12.3 Å². The molecule has 1 amide bonds. The standard InChI is InChI=1S/C12H20N2O/c1-2-3-4-5-7-12(15)14-10-6-8-13-9-11-14/h1,13H,3-11H2. The number of carbonyl (C=O) groups excluding carboxylic acids is 1. The summed E-state index contributed by atoms with van der Waals surface area (Å²) in [6, 6.07) is 0. The molecular formula is C12H20N2O. The number of amides is 1. The van der Waals surface area contributed by atoms with Gasteiger partial charge in [0, 0.05) is 32.5 Å². The van der Waals surface area contributed by atoms with Crippen LogP contribution in [0.4, 0.5) is 0 Å². The van der Waals surface area contributed by atoms with E-state index in [4.69, 9.17) is 6.42 Å². The summed E-state index contributed by atoms with van der Waals surface area (Å²) in [5.41, 5.74) is 0. The molecule has 0 saturated carbocycles. The Bertz CT molecular complexity index is 224. The Kier molecular flexibility index (Phi) is 5.87. The zero-order chi connectivity index (χ0) is 10.9. The maximum atomic E-state index is 11.8. The van der Waals surface area contributed by atoms with E-state index in [1.807, 2.05) is 4.90 Å². The molecule has 3 heteroatoms.